The number of aliphatic hydroxyl groups is 1. The molecule has 0 aromatic carbocycles. The number of pyridine rings is 1. The summed E-state index contributed by atoms with van der Waals surface area (Å²) in [5, 5.41) is 17.9. The van der Waals surface area contributed by atoms with Gasteiger partial charge in [0.25, 0.3) is 0 Å². The molecule has 2 N–H and O–H groups in total. The van der Waals surface area contributed by atoms with E-state index in [0.717, 1.165) is 0 Å². The minimum Gasteiger partial charge on any atom is -0.430 e. The highest BCUT2D eigenvalue weighted by atomic mass is 16.5. The van der Waals surface area contributed by atoms with Gasteiger partial charge in [-0.1, -0.05) is 6.07 Å². The van der Waals surface area contributed by atoms with Crippen LogP contribution < -0.4 is 0 Å². The number of rotatable bonds is 3. The van der Waals surface area contributed by atoms with Crippen LogP contribution in [0, 0.1) is 0 Å². The van der Waals surface area contributed by atoms with Crippen molar-refractivity contribution in [1.82, 2.24) is 4.98 Å². The van der Waals surface area contributed by atoms with Crippen molar-refractivity contribution >= 4 is 7.69 Å². The van der Waals surface area contributed by atoms with Gasteiger partial charge in [0.05, 0.1) is 11.2 Å². The van der Waals surface area contributed by atoms with Gasteiger partial charge in [-0.25, -0.2) is 0 Å². The van der Waals surface area contributed by atoms with Gasteiger partial charge in [0.1, 0.15) is 0 Å². The first-order valence-corrected chi connectivity index (χ1v) is 5.13. The van der Waals surface area contributed by atoms with Gasteiger partial charge in [0.15, 0.2) is 0 Å². The lowest BCUT2D eigenvalue weighted by Crippen LogP contribution is -2.47. The molecule has 0 bridgehead atoms. The van der Waals surface area contributed by atoms with Crippen LogP contribution in [0.25, 0.3) is 0 Å². The Labute approximate surface area is 97.6 Å². The van der Waals surface area contributed by atoms with Crippen molar-refractivity contribution in [2.45, 2.75) is 38.9 Å². The standard InChI is InChI=1S/C6H15BO3.C5H5N/c1-5(2,8)6(3,4)10-7-9;1-2-4-6-5-3-1/h7-9H,1-4H3;1-5H. The molecule has 0 fully saturated rings. The first kappa shape index (κ1) is 15.1. The minimum atomic E-state index is -0.935. The number of aromatic nitrogens is 1. The monoisotopic (exact) mass is 225 g/mol. The Morgan fingerprint density at radius 3 is 1.69 bits per heavy atom. The zero-order valence-corrected chi connectivity index (χ0v) is 10.3. The Morgan fingerprint density at radius 1 is 1.06 bits per heavy atom. The molecule has 0 saturated carbocycles. The quantitative estimate of drug-likeness (QED) is 0.750. The Hall–Kier alpha value is -0.905. The maximum absolute atomic E-state index is 9.44. The van der Waals surface area contributed by atoms with Gasteiger partial charge >= 0.3 is 7.69 Å². The van der Waals surface area contributed by atoms with Crippen LogP contribution in [0.15, 0.2) is 30.6 Å². The maximum atomic E-state index is 9.44. The number of hydrogen-bond donors (Lipinski definition) is 2. The summed E-state index contributed by atoms with van der Waals surface area (Å²) in [7, 11) is -0.364. The van der Waals surface area contributed by atoms with E-state index in [0.29, 0.717) is 0 Å². The molecule has 90 valence electrons. The van der Waals surface area contributed by atoms with E-state index in [1.165, 1.54) is 0 Å². The molecule has 4 nitrogen and oxygen atoms in total. The molecular formula is C11H20BNO3. The second-order valence-electron chi connectivity index (χ2n) is 4.37. The van der Waals surface area contributed by atoms with E-state index in [-0.39, 0.29) is 7.69 Å². The van der Waals surface area contributed by atoms with Crippen LogP contribution in [0.4, 0.5) is 0 Å². The lowest BCUT2D eigenvalue weighted by atomic mass is 9.89. The highest BCUT2D eigenvalue weighted by Crippen LogP contribution is 2.23. The van der Waals surface area contributed by atoms with Gasteiger partial charge in [-0.2, -0.15) is 0 Å². The molecule has 0 saturated heterocycles. The summed E-state index contributed by atoms with van der Waals surface area (Å²) in [5.41, 5.74) is -1.64. The second kappa shape index (κ2) is 6.63. The van der Waals surface area contributed by atoms with E-state index < -0.39 is 11.2 Å². The van der Waals surface area contributed by atoms with Crippen molar-refractivity contribution in [2.24, 2.45) is 0 Å². The molecule has 0 aliphatic heterocycles. The van der Waals surface area contributed by atoms with Gasteiger partial charge in [0, 0.05) is 12.4 Å². The molecule has 1 heterocycles. The highest BCUT2D eigenvalue weighted by molar-refractivity contribution is 6.16. The minimum absolute atomic E-state index is 0.364. The average Bonchev–Trinajstić information content (AvgIpc) is 2.19. The molecule has 0 atom stereocenters. The van der Waals surface area contributed by atoms with Gasteiger partial charge in [-0.3, -0.25) is 4.98 Å². The van der Waals surface area contributed by atoms with Crippen molar-refractivity contribution in [2.75, 3.05) is 0 Å². The SMILES string of the molecule is CC(C)(O)C(C)(C)OBO.c1ccncc1. The smallest absolute Gasteiger partial charge is 0.430 e. The highest BCUT2D eigenvalue weighted by Gasteiger charge is 2.35. The fraction of sp³-hybridized carbons (Fsp3) is 0.545. The third kappa shape index (κ3) is 5.85. The zero-order valence-electron chi connectivity index (χ0n) is 10.3. The summed E-state index contributed by atoms with van der Waals surface area (Å²) in [6, 6.07) is 5.72. The van der Waals surface area contributed by atoms with Crippen molar-refractivity contribution in [1.29, 1.82) is 0 Å². The van der Waals surface area contributed by atoms with Crippen LogP contribution in [-0.2, 0) is 4.65 Å². The summed E-state index contributed by atoms with van der Waals surface area (Å²) in [6.45, 7) is 6.73. The molecule has 0 spiro atoms. The van der Waals surface area contributed by atoms with Crippen molar-refractivity contribution in [3.05, 3.63) is 30.6 Å². The zero-order chi connectivity index (χ0) is 12.7. The molecule has 0 amide bonds. The molecule has 0 unspecified atom stereocenters. The number of hydrogen-bond acceptors (Lipinski definition) is 4. The predicted octanol–water partition coefficient (Wildman–Crippen LogP) is 0.893. The fourth-order valence-corrected chi connectivity index (χ4v) is 0.651. The summed E-state index contributed by atoms with van der Waals surface area (Å²) in [6.07, 6.45) is 3.50. The molecule has 0 aliphatic carbocycles. The molecule has 16 heavy (non-hydrogen) atoms. The van der Waals surface area contributed by atoms with Gasteiger partial charge in [0.2, 0.25) is 0 Å². The Morgan fingerprint density at radius 2 is 1.56 bits per heavy atom. The average molecular weight is 225 g/mol. The summed E-state index contributed by atoms with van der Waals surface area (Å²) < 4.78 is 4.90. The lowest BCUT2D eigenvalue weighted by molar-refractivity contribution is -0.0956. The largest absolute Gasteiger partial charge is 0.435 e. The molecule has 0 aliphatic rings. The van der Waals surface area contributed by atoms with Crippen LogP contribution in [0.2, 0.25) is 0 Å². The predicted molar refractivity (Wildman–Crippen MR) is 65.1 cm³/mol. The van der Waals surface area contributed by atoms with Gasteiger partial charge < -0.3 is 14.8 Å². The Bertz CT molecular complexity index is 246. The van der Waals surface area contributed by atoms with Gasteiger partial charge in [-0.05, 0) is 39.8 Å². The van der Waals surface area contributed by atoms with Crippen LogP contribution in [0.1, 0.15) is 27.7 Å². The van der Waals surface area contributed by atoms with E-state index in [1.807, 2.05) is 18.2 Å². The third-order valence-electron chi connectivity index (χ3n) is 2.47. The summed E-state index contributed by atoms with van der Waals surface area (Å²) in [5.74, 6) is 0. The molecule has 5 heteroatoms. The third-order valence-corrected chi connectivity index (χ3v) is 2.47. The molecule has 1 rings (SSSR count). The molecular weight excluding hydrogens is 205 g/mol. The van der Waals surface area contributed by atoms with E-state index in [1.54, 1.807) is 40.1 Å². The second-order valence-corrected chi connectivity index (χ2v) is 4.37. The van der Waals surface area contributed by atoms with Crippen LogP contribution in [0.5, 0.6) is 0 Å². The fourth-order valence-electron chi connectivity index (χ4n) is 0.651. The summed E-state index contributed by atoms with van der Waals surface area (Å²) in [4.78, 5) is 3.78. The van der Waals surface area contributed by atoms with Crippen LogP contribution >= 0.6 is 0 Å². The van der Waals surface area contributed by atoms with E-state index in [2.05, 4.69) is 4.98 Å². The maximum Gasteiger partial charge on any atom is 0.435 e. The van der Waals surface area contributed by atoms with Gasteiger partial charge in [-0.15, -0.1) is 0 Å². The number of nitrogens with zero attached hydrogens (tertiary/aromatic N) is 1. The first-order valence-electron chi connectivity index (χ1n) is 5.13. The van der Waals surface area contributed by atoms with Crippen molar-refractivity contribution in [3.8, 4) is 0 Å². The van der Waals surface area contributed by atoms with E-state index in [4.69, 9.17) is 9.68 Å². The lowest BCUT2D eigenvalue weighted by Gasteiger charge is -2.36. The Balaban J connectivity index is 0.000000315. The molecule has 1 aromatic rings. The molecule has 0 radical (unpaired) electrons. The molecule has 1 aromatic heterocycles. The Kier molecular flexibility index (Phi) is 6.25. The van der Waals surface area contributed by atoms with E-state index >= 15 is 0 Å². The first-order chi connectivity index (χ1) is 7.31. The summed E-state index contributed by atoms with van der Waals surface area (Å²) >= 11 is 0. The van der Waals surface area contributed by atoms with Crippen molar-refractivity contribution in [3.63, 3.8) is 0 Å². The van der Waals surface area contributed by atoms with E-state index in [9.17, 15) is 5.11 Å². The topological polar surface area (TPSA) is 62.6 Å². The van der Waals surface area contributed by atoms with Crippen molar-refractivity contribution < 1.29 is 14.8 Å². The van der Waals surface area contributed by atoms with Crippen LogP contribution in [0.3, 0.4) is 0 Å². The van der Waals surface area contributed by atoms with Crippen LogP contribution in [-0.4, -0.2) is 34.0 Å². The normalized spacial score (nSPS) is 11.4.